The molecule has 0 heterocycles. The number of rotatable bonds is 6. The van der Waals surface area contributed by atoms with Crippen LogP contribution < -0.4 is 4.90 Å². The molecule has 1 N–H and O–H groups in total. The van der Waals surface area contributed by atoms with Gasteiger partial charge in [-0.2, -0.15) is 0 Å². The second-order valence-electron chi connectivity index (χ2n) is 5.72. The molecule has 0 bridgehead atoms. The zero-order valence-corrected chi connectivity index (χ0v) is 12.0. The van der Waals surface area contributed by atoms with Gasteiger partial charge in [-0.3, -0.25) is 4.79 Å². The molecule has 3 unspecified atom stereocenters. The van der Waals surface area contributed by atoms with Crippen molar-refractivity contribution >= 4 is 11.7 Å². The smallest absolute Gasteiger partial charge is 0.306 e. The normalized spacial score (nSPS) is 22.9. The first kappa shape index (κ1) is 13.9. The zero-order valence-electron chi connectivity index (χ0n) is 12.0. The Labute approximate surface area is 115 Å². The van der Waals surface area contributed by atoms with E-state index in [-0.39, 0.29) is 5.92 Å². The first-order valence-corrected chi connectivity index (χ1v) is 7.06. The van der Waals surface area contributed by atoms with Crippen molar-refractivity contribution in [2.45, 2.75) is 32.6 Å². The molecule has 19 heavy (non-hydrogen) atoms. The second kappa shape index (κ2) is 5.64. The second-order valence-corrected chi connectivity index (χ2v) is 5.72. The highest BCUT2D eigenvalue weighted by molar-refractivity contribution is 5.73. The van der Waals surface area contributed by atoms with Crippen LogP contribution in [0.25, 0.3) is 0 Å². The van der Waals surface area contributed by atoms with Gasteiger partial charge in [0.2, 0.25) is 0 Å². The fourth-order valence-electron chi connectivity index (χ4n) is 2.50. The van der Waals surface area contributed by atoms with Crippen molar-refractivity contribution in [2.24, 2.45) is 11.8 Å². The fourth-order valence-corrected chi connectivity index (χ4v) is 2.50. The van der Waals surface area contributed by atoms with Crippen molar-refractivity contribution in [2.75, 3.05) is 18.5 Å². The van der Waals surface area contributed by atoms with Gasteiger partial charge in [0.05, 0.1) is 5.92 Å². The van der Waals surface area contributed by atoms with Crippen molar-refractivity contribution in [3.63, 3.8) is 0 Å². The van der Waals surface area contributed by atoms with E-state index in [0.717, 1.165) is 19.4 Å². The van der Waals surface area contributed by atoms with Gasteiger partial charge < -0.3 is 10.0 Å². The Hall–Kier alpha value is -1.51. The number of benzene rings is 1. The number of carboxylic acids is 1. The van der Waals surface area contributed by atoms with E-state index in [9.17, 15) is 4.79 Å². The van der Waals surface area contributed by atoms with Crippen molar-refractivity contribution in [3.05, 3.63) is 29.8 Å². The Morgan fingerprint density at radius 2 is 2.05 bits per heavy atom. The van der Waals surface area contributed by atoms with E-state index >= 15 is 0 Å². The lowest BCUT2D eigenvalue weighted by molar-refractivity contribution is -0.138. The summed E-state index contributed by atoms with van der Waals surface area (Å²) in [4.78, 5) is 13.0. The summed E-state index contributed by atoms with van der Waals surface area (Å²) in [5.74, 6) is 0.142. The van der Waals surface area contributed by atoms with Crippen LogP contribution in [-0.4, -0.2) is 24.7 Å². The maximum absolute atomic E-state index is 10.8. The SMILES string of the molecule is CCC(C)c1ccc(N(C)CC2CC2C(=O)O)cc1. The fraction of sp³-hybridized carbons (Fsp3) is 0.562. The average Bonchev–Trinajstić information content (AvgIpc) is 3.17. The van der Waals surface area contributed by atoms with Crippen LogP contribution in [0.15, 0.2) is 24.3 Å². The Bertz CT molecular complexity index is 441. The summed E-state index contributed by atoms with van der Waals surface area (Å²) in [5, 5.41) is 8.91. The Kier molecular flexibility index (Phi) is 4.13. The molecule has 1 saturated carbocycles. The third kappa shape index (κ3) is 3.28. The molecule has 104 valence electrons. The predicted octanol–water partition coefficient (Wildman–Crippen LogP) is 3.36. The van der Waals surface area contributed by atoms with Crippen molar-refractivity contribution in [1.82, 2.24) is 0 Å². The quantitative estimate of drug-likeness (QED) is 0.853. The molecule has 0 amide bonds. The van der Waals surface area contributed by atoms with E-state index in [4.69, 9.17) is 5.11 Å². The third-order valence-corrected chi connectivity index (χ3v) is 4.26. The van der Waals surface area contributed by atoms with Gasteiger partial charge in [-0.1, -0.05) is 26.0 Å². The van der Waals surface area contributed by atoms with E-state index in [1.807, 2.05) is 7.05 Å². The predicted molar refractivity (Wildman–Crippen MR) is 77.7 cm³/mol. The first-order valence-electron chi connectivity index (χ1n) is 7.06. The molecule has 0 saturated heterocycles. The first-order chi connectivity index (χ1) is 9.02. The Morgan fingerprint density at radius 3 is 2.53 bits per heavy atom. The summed E-state index contributed by atoms with van der Waals surface area (Å²) >= 11 is 0. The number of nitrogens with zero attached hydrogens (tertiary/aromatic N) is 1. The van der Waals surface area contributed by atoms with E-state index < -0.39 is 5.97 Å². The number of hydrogen-bond donors (Lipinski definition) is 1. The molecule has 1 aromatic carbocycles. The lowest BCUT2D eigenvalue weighted by atomic mass is 9.98. The van der Waals surface area contributed by atoms with Crippen LogP contribution in [0.1, 0.15) is 38.2 Å². The topological polar surface area (TPSA) is 40.5 Å². The molecule has 0 aromatic heterocycles. The molecule has 3 nitrogen and oxygen atoms in total. The van der Waals surface area contributed by atoms with Crippen LogP contribution in [0.2, 0.25) is 0 Å². The Morgan fingerprint density at radius 1 is 1.42 bits per heavy atom. The van der Waals surface area contributed by atoms with Crippen LogP contribution in [0.4, 0.5) is 5.69 Å². The minimum absolute atomic E-state index is 0.123. The molecule has 0 aliphatic heterocycles. The molecule has 1 aliphatic carbocycles. The van der Waals surface area contributed by atoms with Crippen LogP contribution in [0.5, 0.6) is 0 Å². The van der Waals surface area contributed by atoms with E-state index in [1.165, 1.54) is 11.3 Å². The summed E-state index contributed by atoms with van der Waals surface area (Å²) < 4.78 is 0. The number of anilines is 1. The number of aliphatic carboxylic acids is 1. The highest BCUT2D eigenvalue weighted by Crippen LogP contribution is 2.39. The van der Waals surface area contributed by atoms with Gasteiger partial charge in [0.25, 0.3) is 0 Å². The van der Waals surface area contributed by atoms with E-state index in [2.05, 4.69) is 43.0 Å². The third-order valence-electron chi connectivity index (χ3n) is 4.26. The standard InChI is InChI=1S/C16H23NO2/c1-4-11(2)12-5-7-14(8-6-12)17(3)10-13-9-15(13)16(18)19/h5-8,11,13,15H,4,9-10H2,1-3H3,(H,18,19). The maximum atomic E-state index is 10.8. The maximum Gasteiger partial charge on any atom is 0.306 e. The molecule has 0 spiro atoms. The van der Waals surface area contributed by atoms with Crippen molar-refractivity contribution < 1.29 is 9.90 Å². The zero-order chi connectivity index (χ0) is 14.0. The van der Waals surface area contributed by atoms with Crippen LogP contribution in [0, 0.1) is 11.8 Å². The minimum atomic E-state index is -0.648. The molecule has 1 aromatic rings. The summed E-state index contributed by atoms with van der Waals surface area (Å²) in [7, 11) is 2.04. The summed E-state index contributed by atoms with van der Waals surface area (Å²) in [6.45, 7) is 5.27. The minimum Gasteiger partial charge on any atom is -0.481 e. The van der Waals surface area contributed by atoms with Gasteiger partial charge in [0.1, 0.15) is 0 Å². The van der Waals surface area contributed by atoms with Crippen LogP contribution in [0.3, 0.4) is 0 Å². The molecule has 1 fully saturated rings. The van der Waals surface area contributed by atoms with Crippen LogP contribution >= 0.6 is 0 Å². The average molecular weight is 261 g/mol. The number of hydrogen-bond acceptors (Lipinski definition) is 2. The highest BCUT2D eigenvalue weighted by Gasteiger charge is 2.43. The van der Waals surface area contributed by atoms with E-state index in [1.54, 1.807) is 0 Å². The molecular formula is C16H23NO2. The summed E-state index contributed by atoms with van der Waals surface area (Å²) in [6.07, 6.45) is 1.97. The molecule has 3 atom stereocenters. The Balaban J connectivity index is 1.93. The van der Waals surface area contributed by atoms with E-state index in [0.29, 0.717) is 11.8 Å². The highest BCUT2D eigenvalue weighted by atomic mass is 16.4. The van der Waals surface area contributed by atoms with Gasteiger partial charge in [-0.15, -0.1) is 0 Å². The molecule has 1 aliphatic rings. The van der Waals surface area contributed by atoms with Gasteiger partial charge in [-0.05, 0) is 42.4 Å². The molecular weight excluding hydrogens is 238 g/mol. The van der Waals surface area contributed by atoms with Crippen LogP contribution in [-0.2, 0) is 4.79 Å². The number of carbonyl (C=O) groups is 1. The summed E-state index contributed by atoms with van der Waals surface area (Å²) in [6, 6.07) is 8.64. The lowest BCUT2D eigenvalue weighted by Crippen LogP contribution is -2.21. The molecule has 3 heteroatoms. The van der Waals surface area contributed by atoms with Gasteiger partial charge in [-0.25, -0.2) is 0 Å². The largest absolute Gasteiger partial charge is 0.481 e. The van der Waals surface area contributed by atoms with Gasteiger partial charge in [0, 0.05) is 19.3 Å². The lowest BCUT2D eigenvalue weighted by Gasteiger charge is -2.20. The van der Waals surface area contributed by atoms with Crippen molar-refractivity contribution in [1.29, 1.82) is 0 Å². The molecule has 2 rings (SSSR count). The molecule has 0 radical (unpaired) electrons. The van der Waals surface area contributed by atoms with Crippen molar-refractivity contribution in [3.8, 4) is 0 Å². The van der Waals surface area contributed by atoms with Gasteiger partial charge >= 0.3 is 5.97 Å². The number of carboxylic acid groups (broad SMARTS) is 1. The van der Waals surface area contributed by atoms with Gasteiger partial charge in [0.15, 0.2) is 0 Å². The monoisotopic (exact) mass is 261 g/mol. The summed E-state index contributed by atoms with van der Waals surface area (Å²) in [5.41, 5.74) is 2.54.